The van der Waals surface area contributed by atoms with E-state index in [4.69, 9.17) is 9.84 Å². The normalized spacial score (nSPS) is 14.5. The summed E-state index contributed by atoms with van der Waals surface area (Å²) in [6.45, 7) is 5.74. The third-order valence-electron chi connectivity index (χ3n) is 2.31. The van der Waals surface area contributed by atoms with Crippen LogP contribution in [0.2, 0.25) is 0 Å². The minimum atomic E-state index is -0.876. The van der Waals surface area contributed by atoms with Gasteiger partial charge in [0, 0.05) is 0 Å². The second-order valence-electron chi connectivity index (χ2n) is 3.72. The summed E-state index contributed by atoms with van der Waals surface area (Å²) in [5, 5.41) is 8.67. The number of aliphatic carboxylic acids is 1. The van der Waals surface area contributed by atoms with Gasteiger partial charge in [0.1, 0.15) is 0 Å². The van der Waals surface area contributed by atoms with Gasteiger partial charge in [-0.1, -0.05) is 13.8 Å². The zero-order valence-electron chi connectivity index (χ0n) is 9.00. The molecule has 0 radical (unpaired) electrons. The van der Waals surface area contributed by atoms with Crippen molar-refractivity contribution in [1.82, 2.24) is 0 Å². The number of carbonyl (C=O) groups is 2. The highest BCUT2D eigenvalue weighted by Gasteiger charge is 2.29. The van der Waals surface area contributed by atoms with Gasteiger partial charge in [-0.25, -0.2) is 0 Å². The van der Waals surface area contributed by atoms with E-state index in [1.807, 2.05) is 6.92 Å². The molecule has 14 heavy (non-hydrogen) atoms. The largest absolute Gasteiger partial charge is 0.481 e. The summed E-state index contributed by atoms with van der Waals surface area (Å²) in [6, 6.07) is 0. The average Bonchev–Trinajstić information content (AvgIpc) is 2.02. The van der Waals surface area contributed by atoms with Crippen LogP contribution in [0.1, 0.15) is 40.0 Å². The molecule has 0 aromatic carbocycles. The smallest absolute Gasteiger partial charge is 0.306 e. The van der Waals surface area contributed by atoms with E-state index < -0.39 is 11.4 Å². The van der Waals surface area contributed by atoms with E-state index in [-0.39, 0.29) is 18.8 Å². The van der Waals surface area contributed by atoms with Crippen LogP contribution in [-0.4, -0.2) is 23.7 Å². The Kier molecular flexibility index (Phi) is 5.20. The lowest BCUT2D eigenvalue weighted by Crippen LogP contribution is -2.24. The molecule has 0 aliphatic rings. The average molecular weight is 202 g/mol. The monoisotopic (exact) mass is 202 g/mol. The summed E-state index contributed by atoms with van der Waals surface area (Å²) in [7, 11) is 0. The van der Waals surface area contributed by atoms with Gasteiger partial charge in [-0.2, -0.15) is 0 Å². The van der Waals surface area contributed by atoms with Crippen molar-refractivity contribution in [3.63, 3.8) is 0 Å². The van der Waals surface area contributed by atoms with Crippen LogP contribution in [0.25, 0.3) is 0 Å². The number of rotatable bonds is 6. The van der Waals surface area contributed by atoms with Crippen molar-refractivity contribution in [1.29, 1.82) is 0 Å². The van der Waals surface area contributed by atoms with Crippen LogP contribution in [0.3, 0.4) is 0 Å². The van der Waals surface area contributed by atoms with Crippen molar-refractivity contribution in [2.24, 2.45) is 5.41 Å². The minimum absolute atomic E-state index is 0.00230. The molecule has 4 heteroatoms. The van der Waals surface area contributed by atoms with Crippen LogP contribution in [0.5, 0.6) is 0 Å². The second-order valence-corrected chi connectivity index (χ2v) is 3.72. The van der Waals surface area contributed by atoms with Crippen LogP contribution >= 0.6 is 0 Å². The fourth-order valence-corrected chi connectivity index (χ4v) is 1.24. The number of esters is 1. The van der Waals surface area contributed by atoms with E-state index in [9.17, 15) is 9.59 Å². The van der Waals surface area contributed by atoms with E-state index in [2.05, 4.69) is 0 Å². The molecule has 1 atom stereocenters. The number of hydrogen-bond acceptors (Lipinski definition) is 3. The van der Waals surface area contributed by atoms with Crippen molar-refractivity contribution in [3.8, 4) is 0 Å². The molecule has 0 rings (SSSR count). The lowest BCUT2D eigenvalue weighted by molar-refractivity contribution is -0.147. The van der Waals surface area contributed by atoms with E-state index >= 15 is 0 Å². The lowest BCUT2D eigenvalue weighted by atomic mass is 9.81. The summed E-state index contributed by atoms with van der Waals surface area (Å²) in [5.74, 6) is -1.20. The molecule has 0 fully saturated rings. The van der Waals surface area contributed by atoms with E-state index in [1.165, 1.54) is 0 Å². The fraction of sp³-hybridized carbons (Fsp3) is 0.800. The molecule has 0 spiro atoms. The van der Waals surface area contributed by atoms with Gasteiger partial charge in [0.05, 0.1) is 19.4 Å². The molecule has 0 saturated carbocycles. The second kappa shape index (κ2) is 5.62. The van der Waals surface area contributed by atoms with Crippen molar-refractivity contribution in [3.05, 3.63) is 0 Å². The Bertz CT molecular complexity index is 212. The quantitative estimate of drug-likeness (QED) is 0.667. The van der Waals surface area contributed by atoms with Crippen LogP contribution in [0.4, 0.5) is 0 Å². The summed E-state index contributed by atoms with van der Waals surface area (Å²) in [5.41, 5.74) is -0.488. The third kappa shape index (κ3) is 4.84. The van der Waals surface area contributed by atoms with Gasteiger partial charge in [-0.15, -0.1) is 0 Å². The molecule has 0 saturated heterocycles. The molecule has 1 N–H and O–H groups in total. The van der Waals surface area contributed by atoms with Crippen LogP contribution in [0.15, 0.2) is 0 Å². The standard InChI is InChI=1S/C10H18O4/c1-4-10(3,6-8(11)12)7-9(13)14-5-2/h4-7H2,1-3H3,(H,11,12). The minimum Gasteiger partial charge on any atom is -0.481 e. The van der Waals surface area contributed by atoms with Gasteiger partial charge >= 0.3 is 11.9 Å². The van der Waals surface area contributed by atoms with Crippen molar-refractivity contribution in [2.75, 3.05) is 6.61 Å². The predicted octanol–water partition coefficient (Wildman–Crippen LogP) is 1.83. The molecule has 0 aromatic rings. The van der Waals surface area contributed by atoms with Crippen molar-refractivity contribution in [2.45, 2.75) is 40.0 Å². The van der Waals surface area contributed by atoms with Gasteiger partial charge in [-0.05, 0) is 18.8 Å². The highest BCUT2D eigenvalue weighted by atomic mass is 16.5. The zero-order valence-corrected chi connectivity index (χ0v) is 9.00. The molecule has 0 amide bonds. The SMILES string of the molecule is CCOC(=O)CC(C)(CC)CC(=O)O. The molecule has 0 bridgehead atoms. The maximum Gasteiger partial charge on any atom is 0.306 e. The first-order chi connectivity index (χ1) is 6.43. The molecular formula is C10H18O4. The Hall–Kier alpha value is -1.06. The number of carboxylic acid groups (broad SMARTS) is 1. The van der Waals surface area contributed by atoms with Gasteiger partial charge in [0.25, 0.3) is 0 Å². The maximum absolute atomic E-state index is 11.2. The first-order valence-electron chi connectivity index (χ1n) is 4.81. The first-order valence-corrected chi connectivity index (χ1v) is 4.81. The molecule has 0 aliphatic carbocycles. The molecule has 0 aliphatic heterocycles. The number of ether oxygens (including phenoxy) is 1. The fourth-order valence-electron chi connectivity index (χ4n) is 1.24. The van der Waals surface area contributed by atoms with Gasteiger partial charge < -0.3 is 9.84 Å². The van der Waals surface area contributed by atoms with E-state index in [0.717, 1.165) is 0 Å². The Labute approximate surface area is 84.3 Å². The Balaban J connectivity index is 4.24. The van der Waals surface area contributed by atoms with Gasteiger partial charge in [-0.3, -0.25) is 9.59 Å². The van der Waals surface area contributed by atoms with Crippen LogP contribution < -0.4 is 0 Å². The Morgan fingerprint density at radius 1 is 1.29 bits per heavy atom. The van der Waals surface area contributed by atoms with Gasteiger partial charge in [0.2, 0.25) is 0 Å². The van der Waals surface area contributed by atoms with Crippen LogP contribution in [-0.2, 0) is 14.3 Å². The number of hydrogen-bond donors (Lipinski definition) is 1. The molecule has 1 unspecified atom stereocenters. The first kappa shape index (κ1) is 12.9. The number of carbonyl (C=O) groups excluding carboxylic acids is 1. The van der Waals surface area contributed by atoms with Crippen LogP contribution in [0, 0.1) is 5.41 Å². The molecular weight excluding hydrogens is 184 g/mol. The Morgan fingerprint density at radius 2 is 1.86 bits per heavy atom. The third-order valence-corrected chi connectivity index (χ3v) is 2.31. The number of carboxylic acids is 1. The summed E-state index contributed by atoms with van der Waals surface area (Å²) >= 11 is 0. The highest BCUT2D eigenvalue weighted by molar-refractivity contribution is 5.73. The van der Waals surface area contributed by atoms with E-state index in [1.54, 1.807) is 13.8 Å². The zero-order chi connectivity index (χ0) is 11.2. The van der Waals surface area contributed by atoms with Gasteiger partial charge in [0.15, 0.2) is 0 Å². The topological polar surface area (TPSA) is 63.6 Å². The molecule has 0 heterocycles. The molecule has 0 aromatic heterocycles. The molecule has 82 valence electrons. The Morgan fingerprint density at radius 3 is 2.21 bits per heavy atom. The predicted molar refractivity (Wildman–Crippen MR) is 51.9 cm³/mol. The maximum atomic E-state index is 11.2. The van der Waals surface area contributed by atoms with E-state index in [0.29, 0.717) is 13.0 Å². The van der Waals surface area contributed by atoms with Crippen molar-refractivity contribution < 1.29 is 19.4 Å². The summed E-state index contributed by atoms with van der Waals surface area (Å²) in [6.07, 6.45) is 0.823. The summed E-state index contributed by atoms with van der Waals surface area (Å²) in [4.78, 5) is 21.7. The lowest BCUT2D eigenvalue weighted by Gasteiger charge is -2.24. The summed E-state index contributed by atoms with van der Waals surface area (Å²) < 4.78 is 4.79. The van der Waals surface area contributed by atoms with Crippen molar-refractivity contribution >= 4 is 11.9 Å². The highest BCUT2D eigenvalue weighted by Crippen LogP contribution is 2.30. The molecule has 4 nitrogen and oxygen atoms in total.